The minimum Gasteiger partial charge on any atom is -0.390 e. The summed E-state index contributed by atoms with van der Waals surface area (Å²) in [5.41, 5.74) is -0.206. The van der Waals surface area contributed by atoms with Gasteiger partial charge in [-0.15, -0.1) is 11.3 Å². The van der Waals surface area contributed by atoms with Crippen molar-refractivity contribution < 1.29 is 15.0 Å². The van der Waals surface area contributed by atoms with Crippen molar-refractivity contribution in [3.63, 3.8) is 0 Å². The number of aliphatic hydroxyl groups is 2. The molecule has 0 saturated heterocycles. The van der Waals surface area contributed by atoms with Crippen molar-refractivity contribution in [2.45, 2.75) is 70.5 Å². The number of benzene rings is 1. The van der Waals surface area contributed by atoms with E-state index in [-0.39, 0.29) is 11.3 Å². The van der Waals surface area contributed by atoms with E-state index in [9.17, 15) is 15.0 Å². The van der Waals surface area contributed by atoms with E-state index in [2.05, 4.69) is 13.8 Å². The highest BCUT2D eigenvalue weighted by atomic mass is 35.5. The van der Waals surface area contributed by atoms with E-state index in [0.717, 1.165) is 53.2 Å². The first-order valence-corrected chi connectivity index (χ1v) is 13.1. The lowest BCUT2D eigenvalue weighted by molar-refractivity contribution is -0.247. The number of aryl methyl sites for hydroxylation is 1. The van der Waals surface area contributed by atoms with Crippen molar-refractivity contribution in [3.8, 4) is 10.6 Å². The Morgan fingerprint density at radius 3 is 2.69 bits per heavy atom. The van der Waals surface area contributed by atoms with Crippen LogP contribution in [0.4, 0.5) is 0 Å². The highest BCUT2D eigenvalue weighted by Crippen LogP contribution is 2.68. The van der Waals surface area contributed by atoms with Crippen LogP contribution < -0.4 is 0 Å². The van der Waals surface area contributed by atoms with Gasteiger partial charge >= 0.3 is 0 Å². The van der Waals surface area contributed by atoms with E-state index in [1.807, 2.05) is 24.3 Å². The van der Waals surface area contributed by atoms with E-state index in [0.29, 0.717) is 35.5 Å². The summed E-state index contributed by atoms with van der Waals surface area (Å²) >= 11 is 7.93. The van der Waals surface area contributed by atoms with Crippen LogP contribution in [-0.4, -0.2) is 27.1 Å². The highest BCUT2D eigenvalue weighted by molar-refractivity contribution is 7.15. The molecule has 0 amide bonds. The van der Waals surface area contributed by atoms with Gasteiger partial charge in [0.25, 0.3) is 0 Å². The minimum atomic E-state index is -1.31. The molecule has 3 saturated carbocycles. The third kappa shape index (κ3) is 2.51. The van der Waals surface area contributed by atoms with Gasteiger partial charge in [0.1, 0.15) is 16.4 Å². The molecule has 2 N–H and O–H groups in total. The summed E-state index contributed by atoms with van der Waals surface area (Å²) in [7, 11) is 0. The number of Topliss-reactive ketones (excluding diaryl/α,β-unsaturated/α-hetero) is 1. The SMILES string of the molecule is C[C@]12CC[C@H]3[C@@H](C[C@H](O)[C@@]4(O)c5sc(-c6ccccc6Cl)nc5CC[C@]34C)[C@@H]1CCC2=O. The Morgan fingerprint density at radius 2 is 1.91 bits per heavy atom. The van der Waals surface area contributed by atoms with Crippen LogP contribution in [0.25, 0.3) is 10.6 Å². The second-order valence-electron chi connectivity index (χ2n) is 11.0. The molecule has 170 valence electrons. The second-order valence-corrected chi connectivity index (χ2v) is 12.4. The van der Waals surface area contributed by atoms with Crippen LogP contribution in [0.1, 0.15) is 62.9 Å². The largest absolute Gasteiger partial charge is 0.390 e. The molecule has 4 nitrogen and oxygen atoms in total. The zero-order valence-electron chi connectivity index (χ0n) is 18.6. The smallest absolute Gasteiger partial charge is 0.139 e. The molecule has 0 radical (unpaired) electrons. The molecule has 4 aliphatic rings. The van der Waals surface area contributed by atoms with Gasteiger partial charge in [0.15, 0.2) is 0 Å². The fraction of sp³-hybridized carbons (Fsp3) is 0.615. The van der Waals surface area contributed by atoms with Gasteiger partial charge in [-0.2, -0.15) is 0 Å². The summed E-state index contributed by atoms with van der Waals surface area (Å²) < 4.78 is 0. The predicted octanol–water partition coefficient (Wildman–Crippen LogP) is 5.38. The summed E-state index contributed by atoms with van der Waals surface area (Å²) in [6, 6.07) is 7.67. The van der Waals surface area contributed by atoms with Crippen LogP contribution in [0, 0.1) is 28.6 Å². The lowest BCUT2D eigenvalue weighted by Gasteiger charge is -2.63. The molecular weight excluding hydrogens is 442 g/mol. The van der Waals surface area contributed by atoms with Crippen molar-refractivity contribution in [1.29, 1.82) is 0 Å². The normalized spacial score (nSPS) is 42.7. The molecule has 4 aliphatic carbocycles. The fourth-order valence-electron chi connectivity index (χ4n) is 8.00. The number of rotatable bonds is 1. The molecule has 0 unspecified atom stereocenters. The number of carbonyl (C=O) groups is 1. The third-order valence-electron chi connectivity index (χ3n) is 9.84. The maximum Gasteiger partial charge on any atom is 0.139 e. The predicted molar refractivity (Wildman–Crippen MR) is 126 cm³/mol. The number of fused-ring (bicyclic) bond motifs is 7. The maximum atomic E-state index is 12.7. The fourth-order valence-corrected chi connectivity index (χ4v) is 9.71. The Labute approximate surface area is 198 Å². The Morgan fingerprint density at radius 1 is 1.12 bits per heavy atom. The number of nitrogens with zero attached hydrogens (tertiary/aromatic N) is 1. The lowest BCUT2D eigenvalue weighted by Crippen LogP contribution is -2.65. The Bertz CT molecular complexity index is 1120. The highest BCUT2D eigenvalue weighted by Gasteiger charge is 2.68. The summed E-state index contributed by atoms with van der Waals surface area (Å²) in [6.45, 7) is 4.33. The molecule has 0 aliphatic heterocycles. The lowest BCUT2D eigenvalue weighted by atomic mass is 9.43. The van der Waals surface area contributed by atoms with E-state index in [1.54, 1.807) is 0 Å². The van der Waals surface area contributed by atoms with Gasteiger partial charge < -0.3 is 10.2 Å². The topological polar surface area (TPSA) is 70.4 Å². The average molecular weight is 472 g/mol. The van der Waals surface area contributed by atoms with Gasteiger partial charge in [0, 0.05) is 22.8 Å². The van der Waals surface area contributed by atoms with Gasteiger partial charge in [-0.3, -0.25) is 4.79 Å². The molecule has 7 atom stereocenters. The standard InChI is InChI=1S/C26H30ClNO3S/c1-24-11-9-17-15(16(24)7-8-20(24)29)13-21(30)26(31)22-19(10-12-25(17,26)2)28-23(32-22)14-5-3-4-6-18(14)27/h3-6,15-17,21,30-31H,7-13H2,1-2H3/t15-,16-,17-,21-,24-,25+,26+/m0/s1. The molecule has 6 rings (SSSR count). The summed E-state index contributed by atoms with van der Waals surface area (Å²) in [4.78, 5) is 18.4. The molecule has 0 spiro atoms. The zero-order chi connectivity index (χ0) is 22.5. The summed E-state index contributed by atoms with van der Waals surface area (Å²) in [5.74, 6) is 1.32. The number of thiazole rings is 1. The number of ketones is 1. The summed E-state index contributed by atoms with van der Waals surface area (Å²) in [6.07, 6.45) is 4.75. The van der Waals surface area contributed by atoms with Gasteiger partial charge in [-0.05, 0) is 62.3 Å². The van der Waals surface area contributed by atoms with Crippen LogP contribution in [0.2, 0.25) is 5.02 Å². The molecule has 3 fully saturated rings. The van der Waals surface area contributed by atoms with Crippen LogP contribution in [0.15, 0.2) is 24.3 Å². The monoisotopic (exact) mass is 471 g/mol. The van der Waals surface area contributed by atoms with Crippen LogP contribution in [0.3, 0.4) is 0 Å². The number of aromatic nitrogens is 1. The molecular formula is C26H30ClNO3S. The van der Waals surface area contributed by atoms with Gasteiger partial charge in [0.05, 0.1) is 21.7 Å². The van der Waals surface area contributed by atoms with Crippen LogP contribution in [0.5, 0.6) is 0 Å². The van der Waals surface area contributed by atoms with Crippen molar-refractivity contribution in [2.75, 3.05) is 0 Å². The maximum absolute atomic E-state index is 12.7. The second kappa shape index (κ2) is 6.88. The Kier molecular flexibility index (Phi) is 4.57. The number of hydrogen-bond acceptors (Lipinski definition) is 5. The quantitative estimate of drug-likeness (QED) is 0.585. The zero-order valence-corrected chi connectivity index (χ0v) is 20.2. The third-order valence-corrected chi connectivity index (χ3v) is 11.4. The van der Waals surface area contributed by atoms with E-state index < -0.39 is 17.1 Å². The van der Waals surface area contributed by atoms with Crippen LogP contribution >= 0.6 is 22.9 Å². The van der Waals surface area contributed by atoms with Crippen LogP contribution in [-0.2, 0) is 16.8 Å². The first-order valence-electron chi connectivity index (χ1n) is 11.9. The number of carbonyl (C=O) groups excluding carboxylic acids is 1. The van der Waals surface area contributed by atoms with Crippen molar-refractivity contribution in [1.82, 2.24) is 4.98 Å². The molecule has 1 aromatic carbocycles. The Hall–Kier alpha value is -1.27. The van der Waals surface area contributed by atoms with Gasteiger partial charge in [0.2, 0.25) is 0 Å². The molecule has 1 heterocycles. The molecule has 32 heavy (non-hydrogen) atoms. The minimum absolute atomic E-state index is 0.242. The van der Waals surface area contributed by atoms with Crippen molar-refractivity contribution in [2.24, 2.45) is 28.6 Å². The van der Waals surface area contributed by atoms with Gasteiger partial charge in [-0.25, -0.2) is 4.98 Å². The number of aliphatic hydroxyl groups excluding tert-OH is 1. The van der Waals surface area contributed by atoms with Gasteiger partial charge in [-0.1, -0.05) is 43.6 Å². The first-order chi connectivity index (χ1) is 15.2. The number of halogens is 1. The molecule has 6 heteroatoms. The number of hydrogen-bond donors (Lipinski definition) is 2. The summed E-state index contributed by atoms with van der Waals surface area (Å²) in [5, 5.41) is 25.3. The Balaban J connectivity index is 1.44. The van der Waals surface area contributed by atoms with E-state index in [4.69, 9.17) is 16.6 Å². The molecule has 1 aromatic heterocycles. The first kappa shape index (κ1) is 21.3. The van der Waals surface area contributed by atoms with E-state index >= 15 is 0 Å². The van der Waals surface area contributed by atoms with Crippen molar-refractivity contribution >= 4 is 28.7 Å². The molecule has 0 bridgehead atoms. The van der Waals surface area contributed by atoms with E-state index in [1.165, 1.54) is 11.3 Å². The average Bonchev–Trinajstić information content (AvgIpc) is 3.33. The molecule has 2 aromatic rings. The van der Waals surface area contributed by atoms with Crippen molar-refractivity contribution in [3.05, 3.63) is 39.9 Å².